The molecule has 0 spiro atoms. The van der Waals surface area contributed by atoms with E-state index in [4.69, 9.17) is 14.9 Å². The number of rotatable bonds is 7. The van der Waals surface area contributed by atoms with Crippen LogP contribution < -0.4 is 10.5 Å². The average molecular weight is 483 g/mol. The molecule has 8 heteroatoms. The number of nitrogens with zero attached hydrogens (tertiary/aromatic N) is 1. The molecule has 0 bridgehead atoms. The second-order valence-corrected chi connectivity index (χ2v) is 8.56. The van der Waals surface area contributed by atoms with Crippen molar-refractivity contribution in [3.05, 3.63) is 95.6 Å². The van der Waals surface area contributed by atoms with E-state index in [1.165, 1.54) is 19.1 Å². The minimum absolute atomic E-state index is 0.0212. The number of halogens is 3. The molecule has 1 aromatic heterocycles. The van der Waals surface area contributed by atoms with Gasteiger partial charge in [0.25, 0.3) is 0 Å². The minimum Gasteiger partial charge on any atom is -0.488 e. The number of nitrogens with two attached hydrogens (primary N) is 1. The average Bonchev–Trinajstić information content (AvgIpc) is 3.25. The summed E-state index contributed by atoms with van der Waals surface area (Å²) in [5.74, 6) is 0.0551. The molecule has 4 aromatic rings. The lowest BCUT2D eigenvalue weighted by molar-refractivity contribution is -0.139. The van der Waals surface area contributed by atoms with Crippen molar-refractivity contribution in [2.45, 2.75) is 32.2 Å². The number of ether oxygens (including phenoxy) is 1. The molecule has 0 aliphatic rings. The molecule has 0 aliphatic heterocycles. The first kappa shape index (κ1) is 24.5. The SMILES string of the molecule is Cc1oc([C@@](C)(N)CO)nc1-c1ccc(OCc2ccc(-c3ccccc3)cc2)c(C(F)(F)F)c1. The summed E-state index contributed by atoms with van der Waals surface area (Å²) in [4.78, 5) is 4.24. The van der Waals surface area contributed by atoms with Gasteiger partial charge in [-0.25, -0.2) is 4.98 Å². The number of alkyl halides is 3. The fourth-order valence-electron chi connectivity index (χ4n) is 3.59. The van der Waals surface area contributed by atoms with E-state index in [2.05, 4.69) is 4.98 Å². The van der Waals surface area contributed by atoms with E-state index < -0.39 is 23.9 Å². The van der Waals surface area contributed by atoms with Crippen LogP contribution in [0.15, 0.2) is 77.2 Å². The lowest BCUT2D eigenvalue weighted by Gasteiger charge is -2.16. The predicted octanol–water partition coefficient (Wildman–Crippen LogP) is 6.08. The van der Waals surface area contributed by atoms with Gasteiger partial charge in [0, 0.05) is 5.56 Å². The number of hydrogen-bond donors (Lipinski definition) is 2. The Morgan fingerprint density at radius 3 is 2.20 bits per heavy atom. The largest absolute Gasteiger partial charge is 0.488 e. The number of benzene rings is 3. The Bertz CT molecular complexity index is 1300. The van der Waals surface area contributed by atoms with Gasteiger partial charge in [-0.3, -0.25) is 0 Å². The van der Waals surface area contributed by atoms with Crippen molar-refractivity contribution in [3.63, 3.8) is 0 Å². The summed E-state index contributed by atoms with van der Waals surface area (Å²) in [7, 11) is 0. The van der Waals surface area contributed by atoms with Crippen molar-refractivity contribution in [2.24, 2.45) is 5.73 Å². The number of aliphatic hydroxyl groups excluding tert-OH is 1. The minimum atomic E-state index is -4.64. The molecule has 1 atom stereocenters. The molecule has 182 valence electrons. The zero-order chi connectivity index (χ0) is 25.2. The van der Waals surface area contributed by atoms with E-state index in [-0.39, 0.29) is 29.5 Å². The van der Waals surface area contributed by atoms with Crippen molar-refractivity contribution in [3.8, 4) is 28.1 Å². The third-order valence-corrected chi connectivity index (χ3v) is 5.63. The first-order valence-corrected chi connectivity index (χ1v) is 10.9. The van der Waals surface area contributed by atoms with Gasteiger partial charge in [0.05, 0.1) is 12.2 Å². The van der Waals surface area contributed by atoms with Gasteiger partial charge < -0.3 is 20.0 Å². The van der Waals surface area contributed by atoms with Gasteiger partial charge in [-0.2, -0.15) is 13.2 Å². The number of aromatic nitrogens is 1. The van der Waals surface area contributed by atoms with Gasteiger partial charge in [0.15, 0.2) is 0 Å². The molecule has 0 saturated carbocycles. The van der Waals surface area contributed by atoms with Crippen LogP contribution in [0.1, 0.15) is 29.7 Å². The molecule has 35 heavy (non-hydrogen) atoms. The quantitative estimate of drug-likeness (QED) is 0.334. The lowest BCUT2D eigenvalue weighted by Crippen LogP contribution is -2.37. The van der Waals surface area contributed by atoms with Crippen LogP contribution in [0.5, 0.6) is 5.75 Å². The van der Waals surface area contributed by atoms with E-state index in [0.717, 1.165) is 22.8 Å². The molecule has 1 heterocycles. The van der Waals surface area contributed by atoms with Crippen molar-refractivity contribution >= 4 is 0 Å². The van der Waals surface area contributed by atoms with Gasteiger partial charge in [-0.15, -0.1) is 0 Å². The lowest BCUT2D eigenvalue weighted by atomic mass is 10.0. The molecule has 0 radical (unpaired) electrons. The topological polar surface area (TPSA) is 81.5 Å². The zero-order valence-corrected chi connectivity index (χ0v) is 19.3. The van der Waals surface area contributed by atoms with E-state index in [1.54, 1.807) is 6.92 Å². The van der Waals surface area contributed by atoms with Crippen LogP contribution in [0.3, 0.4) is 0 Å². The Labute approximate surface area is 201 Å². The van der Waals surface area contributed by atoms with E-state index in [0.29, 0.717) is 5.76 Å². The van der Waals surface area contributed by atoms with Crippen molar-refractivity contribution in [2.75, 3.05) is 6.61 Å². The molecule has 0 saturated heterocycles. The monoisotopic (exact) mass is 482 g/mol. The summed E-state index contributed by atoms with van der Waals surface area (Å²) < 4.78 is 52.7. The van der Waals surface area contributed by atoms with Crippen LogP contribution in [-0.4, -0.2) is 16.7 Å². The maximum absolute atomic E-state index is 13.9. The van der Waals surface area contributed by atoms with Crippen LogP contribution in [0.25, 0.3) is 22.4 Å². The van der Waals surface area contributed by atoms with Crippen LogP contribution >= 0.6 is 0 Å². The highest BCUT2D eigenvalue weighted by atomic mass is 19.4. The van der Waals surface area contributed by atoms with Gasteiger partial charge in [0.2, 0.25) is 5.89 Å². The molecule has 4 rings (SSSR count). The number of aliphatic hydroxyl groups is 1. The summed E-state index contributed by atoms with van der Waals surface area (Å²) in [5.41, 5.74) is 7.00. The fraction of sp³-hybridized carbons (Fsp3) is 0.222. The Balaban J connectivity index is 1.58. The van der Waals surface area contributed by atoms with E-state index in [1.807, 2.05) is 54.6 Å². The molecule has 0 fully saturated rings. The van der Waals surface area contributed by atoms with Crippen LogP contribution in [0.4, 0.5) is 13.2 Å². The normalized spacial score (nSPS) is 13.5. The Morgan fingerprint density at radius 2 is 1.57 bits per heavy atom. The summed E-state index contributed by atoms with van der Waals surface area (Å²) in [6.07, 6.45) is -4.64. The van der Waals surface area contributed by atoms with Crippen molar-refractivity contribution in [1.82, 2.24) is 4.98 Å². The van der Waals surface area contributed by atoms with Crippen molar-refractivity contribution in [1.29, 1.82) is 0 Å². The first-order chi connectivity index (χ1) is 16.6. The first-order valence-electron chi connectivity index (χ1n) is 10.9. The number of oxazole rings is 1. The predicted molar refractivity (Wildman–Crippen MR) is 127 cm³/mol. The van der Waals surface area contributed by atoms with Gasteiger partial charge in [-0.05, 0) is 48.7 Å². The van der Waals surface area contributed by atoms with Crippen LogP contribution in [-0.2, 0) is 18.3 Å². The van der Waals surface area contributed by atoms with Gasteiger partial charge in [0.1, 0.15) is 29.3 Å². The highest BCUT2D eigenvalue weighted by molar-refractivity contribution is 5.65. The Kier molecular flexibility index (Phi) is 6.69. The molecular formula is C27H25F3N2O3. The number of aryl methyl sites for hydroxylation is 1. The van der Waals surface area contributed by atoms with E-state index in [9.17, 15) is 18.3 Å². The third kappa shape index (κ3) is 5.39. The third-order valence-electron chi connectivity index (χ3n) is 5.63. The summed E-state index contributed by atoms with van der Waals surface area (Å²) in [5, 5.41) is 9.44. The maximum atomic E-state index is 13.9. The Hall–Kier alpha value is -3.62. The Morgan fingerprint density at radius 1 is 0.943 bits per heavy atom. The molecule has 5 nitrogen and oxygen atoms in total. The summed E-state index contributed by atoms with van der Waals surface area (Å²) >= 11 is 0. The molecule has 0 amide bonds. The summed E-state index contributed by atoms with van der Waals surface area (Å²) in [6.45, 7) is 2.65. The maximum Gasteiger partial charge on any atom is 0.419 e. The summed E-state index contributed by atoms with van der Waals surface area (Å²) in [6, 6.07) is 21.0. The molecule has 3 N–H and O–H groups in total. The van der Waals surface area contributed by atoms with Crippen LogP contribution in [0, 0.1) is 6.92 Å². The molecular weight excluding hydrogens is 457 g/mol. The second-order valence-electron chi connectivity index (χ2n) is 8.56. The highest BCUT2D eigenvalue weighted by Crippen LogP contribution is 2.40. The smallest absolute Gasteiger partial charge is 0.419 e. The molecule has 3 aromatic carbocycles. The molecule has 0 unspecified atom stereocenters. The van der Waals surface area contributed by atoms with E-state index >= 15 is 0 Å². The standard InChI is InChI=1S/C27H25F3N2O3/c1-17-24(32-25(35-17)26(2,31)16-33)21-12-13-23(22(14-21)27(28,29)30)34-15-18-8-10-20(11-9-18)19-6-4-3-5-7-19/h3-14,33H,15-16,31H2,1-2H3/t26-/m0/s1. The second kappa shape index (κ2) is 9.56. The fourth-order valence-corrected chi connectivity index (χ4v) is 3.59. The van der Waals surface area contributed by atoms with Crippen molar-refractivity contribution < 1.29 is 27.4 Å². The zero-order valence-electron chi connectivity index (χ0n) is 19.3. The number of hydrogen-bond acceptors (Lipinski definition) is 5. The van der Waals surface area contributed by atoms with Gasteiger partial charge >= 0.3 is 6.18 Å². The molecule has 0 aliphatic carbocycles. The highest BCUT2D eigenvalue weighted by Gasteiger charge is 2.35. The van der Waals surface area contributed by atoms with Crippen LogP contribution in [0.2, 0.25) is 0 Å². The van der Waals surface area contributed by atoms with Gasteiger partial charge in [-0.1, -0.05) is 54.6 Å².